The predicted molar refractivity (Wildman–Crippen MR) is 40.7 cm³/mol. The summed E-state index contributed by atoms with van der Waals surface area (Å²) in [4.78, 5) is 0. The lowest BCUT2D eigenvalue weighted by Crippen LogP contribution is -2.50. The highest BCUT2D eigenvalue weighted by Gasteiger charge is 2.19. The Morgan fingerprint density at radius 2 is 2.20 bits per heavy atom. The van der Waals surface area contributed by atoms with Gasteiger partial charge in [-0.25, -0.2) is 10.0 Å². The van der Waals surface area contributed by atoms with Crippen molar-refractivity contribution < 1.29 is 4.74 Å². The van der Waals surface area contributed by atoms with E-state index in [2.05, 4.69) is 31.0 Å². The molecule has 0 N–H and O–H groups in total. The maximum absolute atomic E-state index is 5.29. The quantitative estimate of drug-likeness (QED) is 0.522. The van der Waals surface area contributed by atoms with Crippen LogP contribution < -0.4 is 0 Å². The first kappa shape index (κ1) is 7.98. The zero-order valence-electron chi connectivity index (χ0n) is 7.00. The van der Waals surface area contributed by atoms with Crippen molar-refractivity contribution in [2.75, 3.05) is 33.9 Å². The molecule has 0 aliphatic carbocycles. The van der Waals surface area contributed by atoms with Gasteiger partial charge in [0.05, 0.1) is 13.2 Å². The van der Waals surface area contributed by atoms with Gasteiger partial charge in [0.1, 0.15) is 0 Å². The van der Waals surface area contributed by atoms with Crippen LogP contribution >= 0.6 is 0 Å². The van der Waals surface area contributed by atoms with Gasteiger partial charge in [0.2, 0.25) is 0 Å². The Bertz CT molecular complexity index is 106. The molecular weight excluding hydrogens is 128 g/mol. The number of hydrogen-bond acceptors (Lipinski definition) is 3. The van der Waals surface area contributed by atoms with Gasteiger partial charge in [-0.3, -0.25) is 0 Å². The standard InChI is InChI=1S/C7H16N2O/c1-7-6-10-5-4-9(7)8(2)3/h7H,4-6H2,1-3H3/t7-/m1/s1. The van der Waals surface area contributed by atoms with Gasteiger partial charge in [-0.1, -0.05) is 0 Å². The summed E-state index contributed by atoms with van der Waals surface area (Å²) < 4.78 is 5.29. The van der Waals surface area contributed by atoms with E-state index in [1.165, 1.54) is 0 Å². The van der Waals surface area contributed by atoms with Gasteiger partial charge in [-0.2, -0.15) is 0 Å². The molecule has 0 radical (unpaired) electrons. The van der Waals surface area contributed by atoms with E-state index < -0.39 is 0 Å². The Morgan fingerprint density at radius 1 is 1.50 bits per heavy atom. The molecule has 0 aromatic rings. The van der Waals surface area contributed by atoms with E-state index >= 15 is 0 Å². The van der Waals surface area contributed by atoms with E-state index in [1.54, 1.807) is 0 Å². The number of hydrogen-bond donors (Lipinski definition) is 0. The molecule has 1 rings (SSSR count). The van der Waals surface area contributed by atoms with E-state index in [0.29, 0.717) is 6.04 Å². The maximum atomic E-state index is 5.29. The van der Waals surface area contributed by atoms with Crippen molar-refractivity contribution in [1.29, 1.82) is 0 Å². The lowest BCUT2D eigenvalue weighted by atomic mass is 10.3. The van der Waals surface area contributed by atoms with Crippen LogP contribution in [-0.2, 0) is 4.74 Å². The van der Waals surface area contributed by atoms with Crippen LogP contribution in [0.1, 0.15) is 6.92 Å². The van der Waals surface area contributed by atoms with Crippen molar-refractivity contribution in [2.45, 2.75) is 13.0 Å². The van der Waals surface area contributed by atoms with Crippen LogP contribution in [0.5, 0.6) is 0 Å². The molecule has 0 spiro atoms. The molecule has 10 heavy (non-hydrogen) atoms. The Kier molecular flexibility index (Phi) is 2.65. The van der Waals surface area contributed by atoms with Gasteiger partial charge in [-0.05, 0) is 6.92 Å². The normalized spacial score (nSPS) is 29.4. The Morgan fingerprint density at radius 3 is 2.60 bits per heavy atom. The molecule has 60 valence electrons. The molecule has 1 heterocycles. The van der Waals surface area contributed by atoms with Crippen LogP contribution in [0.2, 0.25) is 0 Å². The number of nitrogens with zero attached hydrogens (tertiary/aromatic N) is 2. The molecule has 1 aliphatic rings. The van der Waals surface area contributed by atoms with Crippen molar-refractivity contribution in [2.24, 2.45) is 0 Å². The maximum Gasteiger partial charge on any atom is 0.0633 e. The van der Waals surface area contributed by atoms with Crippen molar-refractivity contribution in [1.82, 2.24) is 10.0 Å². The van der Waals surface area contributed by atoms with Crippen molar-refractivity contribution in [3.8, 4) is 0 Å². The van der Waals surface area contributed by atoms with Gasteiger partial charge in [-0.15, -0.1) is 0 Å². The summed E-state index contributed by atoms with van der Waals surface area (Å²) in [6.45, 7) is 4.92. The third-order valence-electron chi connectivity index (χ3n) is 1.85. The van der Waals surface area contributed by atoms with Gasteiger partial charge < -0.3 is 4.74 Å². The van der Waals surface area contributed by atoms with Crippen LogP contribution in [-0.4, -0.2) is 49.9 Å². The van der Waals surface area contributed by atoms with Gasteiger partial charge in [0, 0.05) is 26.7 Å². The number of rotatable bonds is 1. The van der Waals surface area contributed by atoms with Crippen LogP contribution in [0.4, 0.5) is 0 Å². The molecule has 1 atom stereocenters. The molecule has 1 saturated heterocycles. The first-order valence-corrected chi connectivity index (χ1v) is 3.73. The van der Waals surface area contributed by atoms with Crippen LogP contribution in [0, 0.1) is 0 Å². The van der Waals surface area contributed by atoms with Crippen molar-refractivity contribution >= 4 is 0 Å². The molecule has 0 unspecified atom stereocenters. The molecule has 0 aromatic heterocycles. The van der Waals surface area contributed by atoms with Crippen LogP contribution in [0.3, 0.4) is 0 Å². The highest BCUT2D eigenvalue weighted by atomic mass is 16.5. The summed E-state index contributed by atoms with van der Waals surface area (Å²) in [6.07, 6.45) is 0. The second kappa shape index (κ2) is 3.32. The van der Waals surface area contributed by atoms with Crippen molar-refractivity contribution in [3.05, 3.63) is 0 Å². The zero-order valence-corrected chi connectivity index (χ0v) is 7.00. The average molecular weight is 144 g/mol. The molecule has 3 heteroatoms. The number of ether oxygens (including phenoxy) is 1. The first-order valence-electron chi connectivity index (χ1n) is 3.73. The molecular formula is C7H16N2O. The fourth-order valence-electron chi connectivity index (χ4n) is 1.31. The summed E-state index contributed by atoms with van der Waals surface area (Å²) in [7, 11) is 4.14. The Labute approximate surface area is 62.5 Å². The minimum Gasteiger partial charge on any atom is -0.378 e. The highest BCUT2D eigenvalue weighted by molar-refractivity contribution is 4.66. The lowest BCUT2D eigenvalue weighted by Gasteiger charge is -2.37. The largest absolute Gasteiger partial charge is 0.378 e. The van der Waals surface area contributed by atoms with Crippen LogP contribution in [0.25, 0.3) is 0 Å². The molecule has 0 bridgehead atoms. The van der Waals surface area contributed by atoms with Gasteiger partial charge in [0.15, 0.2) is 0 Å². The Balaban J connectivity index is 2.40. The monoisotopic (exact) mass is 144 g/mol. The third-order valence-corrected chi connectivity index (χ3v) is 1.85. The summed E-state index contributed by atoms with van der Waals surface area (Å²) in [6, 6.07) is 0.531. The smallest absolute Gasteiger partial charge is 0.0633 e. The lowest BCUT2D eigenvalue weighted by molar-refractivity contribution is -0.0979. The predicted octanol–water partition coefficient (Wildman–Crippen LogP) is 0.184. The molecule has 0 aromatic carbocycles. The SMILES string of the molecule is C[C@@H]1COCCN1N(C)C. The average Bonchev–Trinajstić information content (AvgIpc) is 1.88. The number of hydrazine groups is 1. The molecule has 0 amide bonds. The van der Waals surface area contributed by atoms with E-state index in [1.807, 2.05) is 0 Å². The summed E-state index contributed by atoms with van der Waals surface area (Å²) >= 11 is 0. The summed E-state index contributed by atoms with van der Waals surface area (Å²) in [5, 5.41) is 4.44. The second-order valence-corrected chi connectivity index (χ2v) is 2.93. The second-order valence-electron chi connectivity index (χ2n) is 2.93. The van der Waals surface area contributed by atoms with E-state index in [9.17, 15) is 0 Å². The van der Waals surface area contributed by atoms with E-state index in [0.717, 1.165) is 19.8 Å². The summed E-state index contributed by atoms with van der Waals surface area (Å²) in [5.41, 5.74) is 0. The number of morpholine rings is 1. The topological polar surface area (TPSA) is 15.7 Å². The molecule has 0 saturated carbocycles. The molecule has 1 fully saturated rings. The van der Waals surface area contributed by atoms with E-state index in [4.69, 9.17) is 4.74 Å². The fourth-order valence-corrected chi connectivity index (χ4v) is 1.31. The minimum absolute atomic E-state index is 0.531. The van der Waals surface area contributed by atoms with Crippen molar-refractivity contribution in [3.63, 3.8) is 0 Å². The van der Waals surface area contributed by atoms with Gasteiger partial charge >= 0.3 is 0 Å². The minimum atomic E-state index is 0.531. The Hall–Kier alpha value is -0.120. The van der Waals surface area contributed by atoms with Gasteiger partial charge in [0.25, 0.3) is 0 Å². The van der Waals surface area contributed by atoms with E-state index in [-0.39, 0.29) is 0 Å². The zero-order chi connectivity index (χ0) is 7.56. The molecule has 1 aliphatic heterocycles. The first-order chi connectivity index (χ1) is 4.72. The highest BCUT2D eigenvalue weighted by Crippen LogP contribution is 2.05. The van der Waals surface area contributed by atoms with Crippen LogP contribution in [0.15, 0.2) is 0 Å². The summed E-state index contributed by atoms with van der Waals surface area (Å²) in [5.74, 6) is 0. The fraction of sp³-hybridized carbons (Fsp3) is 1.00. The molecule has 3 nitrogen and oxygen atoms in total. The third kappa shape index (κ3) is 1.68.